The number of aromatic nitrogens is 1. The number of hydrogen-bond donors (Lipinski definition) is 1. The van der Waals surface area contributed by atoms with Gasteiger partial charge in [0.2, 0.25) is 5.91 Å². The number of benzene rings is 1. The first-order valence-electron chi connectivity index (χ1n) is 13.0. The van der Waals surface area contributed by atoms with Crippen molar-refractivity contribution in [3.8, 4) is 11.1 Å². The van der Waals surface area contributed by atoms with E-state index >= 15 is 4.39 Å². The van der Waals surface area contributed by atoms with Crippen LogP contribution in [-0.2, 0) is 4.79 Å². The Morgan fingerprint density at radius 1 is 1.08 bits per heavy atom. The first-order chi connectivity index (χ1) is 17.3. The van der Waals surface area contributed by atoms with Crippen LogP contribution in [0.3, 0.4) is 0 Å². The average Bonchev–Trinajstić information content (AvgIpc) is 3.19. The summed E-state index contributed by atoms with van der Waals surface area (Å²) < 4.78 is 15.4. The molecular weight excluding hydrogens is 459 g/mol. The molecule has 1 aliphatic carbocycles. The van der Waals surface area contributed by atoms with E-state index in [2.05, 4.69) is 4.98 Å². The molecular formula is C28H35FN4O3. The van der Waals surface area contributed by atoms with E-state index in [0.29, 0.717) is 23.5 Å². The van der Waals surface area contributed by atoms with E-state index in [9.17, 15) is 14.7 Å². The molecule has 8 heteroatoms. The molecule has 1 aromatic heterocycles. The number of carbonyl (C=O) groups excluding carboxylic acids is 2. The topological polar surface area (TPSA) is 77.0 Å². The number of hydrogen-bond acceptors (Lipinski definition) is 5. The van der Waals surface area contributed by atoms with Crippen molar-refractivity contribution < 1.29 is 19.1 Å². The maximum Gasteiger partial charge on any atom is 0.271 e. The van der Waals surface area contributed by atoms with Gasteiger partial charge in [-0.1, -0.05) is 12.1 Å². The van der Waals surface area contributed by atoms with Crippen LogP contribution in [0.15, 0.2) is 36.5 Å². The van der Waals surface area contributed by atoms with Gasteiger partial charge in [-0.25, -0.2) is 4.39 Å². The second kappa shape index (κ2) is 9.81. The molecule has 1 N–H and O–H groups in total. The van der Waals surface area contributed by atoms with Gasteiger partial charge in [-0.2, -0.15) is 0 Å². The molecule has 1 saturated carbocycles. The van der Waals surface area contributed by atoms with Gasteiger partial charge in [0.25, 0.3) is 5.91 Å². The zero-order valence-corrected chi connectivity index (χ0v) is 21.1. The average molecular weight is 495 g/mol. The highest BCUT2D eigenvalue weighted by Gasteiger charge is 2.50. The zero-order valence-electron chi connectivity index (χ0n) is 21.1. The van der Waals surface area contributed by atoms with Gasteiger partial charge in [0, 0.05) is 51.5 Å². The van der Waals surface area contributed by atoms with Crippen LogP contribution in [0.5, 0.6) is 0 Å². The number of amides is 2. The lowest BCUT2D eigenvalue weighted by atomic mass is 9.78. The summed E-state index contributed by atoms with van der Waals surface area (Å²) in [4.78, 5) is 35.5. The van der Waals surface area contributed by atoms with Crippen LogP contribution in [0.25, 0.3) is 11.1 Å². The first-order valence-corrected chi connectivity index (χ1v) is 13.0. The quantitative estimate of drug-likeness (QED) is 0.701. The van der Waals surface area contributed by atoms with Crippen molar-refractivity contribution >= 4 is 17.5 Å². The van der Waals surface area contributed by atoms with E-state index in [1.807, 2.05) is 15.9 Å². The molecule has 3 fully saturated rings. The summed E-state index contributed by atoms with van der Waals surface area (Å²) in [5.41, 5.74) is 1.86. The van der Waals surface area contributed by atoms with Crippen LogP contribution in [0.1, 0.15) is 55.4 Å². The fraction of sp³-hybridized carbons (Fsp3) is 0.536. The minimum Gasteiger partial charge on any atom is -0.393 e. The Morgan fingerprint density at radius 2 is 1.83 bits per heavy atom. The third kappa shape index (κ3) is 4.59. The van der Waals surface area contributed by atoms with E-state index in [0.717, 1.165) is 63.6 Å². The predicted molar refractivity (Wildman–Crippen MR) is 136 cm³/mol. The lowest BCUT2D eigenvalue weighted by Crippen LogP contribution is -2.50. The molecule has 2 aliphatic heterocycles. The Hall–Kier alpha value is -3.00. The zero-order chi connectivity index (χ0) is 25.4. The number of aliphatic hydroxyl groups excluding tert-OH is 1. The van der Waals surface area contributed by atoms with Gasteiger partial charge in [0.15, 0.2) is 0 Å². The van der Waals surface area contributed by atoms with Crippen LogP contribution in [0.4, 0.5) is 10.1 Å². The van der Waals surface area contributed by atoms with Gasteiger partial charge >= 0.3 is 0 Å². The van der Waals surface area contributed by atoms with Crippen molar-refractivity contribution in [3.63, 3.8) is 0 Å². The second-order valence-corrected chi connectivity index (χ2v) is 10.8. The highest BCUT2D eigenvalue weighted by molar-refractivity contribution is 5.92. The van der Waals surface area contributed by atoms with Crippen LogP contribution in [-0.4, -0.2) is 77.6 Å². The lowest BCUT2D eigenvalue weighted by molar-refractivity contribution is -0.139. The highest BCUT2D eigenvalue weighted by atomic mass is 19.1. The predicted octanol–water partition coefficient (Wildman–Crippen LogP) is 3.71. The molecule has 3 aliphatic rings. The molecule has 192 valence electrons. The molecule has 1 spiro atoms. The van der Waals surface area contributed by atoms with E-state index in [1.165, 1.54) is 11.0 Å². The summed E-state index contributed by atoms with van der Waals surface area (Å²) in [7, 11) is 3.35. The molecule has 3 heterocycles. The Bertz CT molecular complexity index is 1130. The summed E-state index contributed by atoms with van der Waals surface area (Å²) in [6, 6.07) is 8.84. The molecule has 2 saturated heterocycles. The van der Waals surface area contributed by atoms with Crippen molar-refractivity contribution in [1.82, 2.24) is 14.8 Å². The molecule has 0 unspecified atom stereocenters. The van der Waals surface area contributed by atoms with Crippen molar-refractivity contribution in [1.29, 1.82) is 0 Å². The van der Waals surface area contributed by atoms with E-state index in [1.54, 1.807) is 38.5 Å². The van der Waals surface area contributed by atoms with E-state index < -0.39 is 5.41 Å². The number of carbonyl (C=O) groups is 2. The Labute approximate surface area is 211 Å². The van der Waals surface area contributed by atoms with E-state index in [-0.39, 0.29) is 29.8 Å². The molecule has 0 radical (unpaired) electrons. The fourth-order valence-electron chi connectivity index (χ4n) is 6.15. The van der Waals surface area contributed by atoms with Crippen molar-refractivity contribution in [2.75, 3.05) is 38.6 Å². The lowest BCUT2D eigenvalue weighted by Gasteiger charge is -2.41. The normalized spacial score (nSPS) is 26.5. The maximum absolute atomic E-state index is 15.4. The van der Waals surface area contributed by atoms with Gasteiger partial charge in [-0.05, 0) is 68.7 Å². The number of likely N-dealkylation sites (tertiary alicyclic amines) is 1. The second-order valence-electron chi connectivity index (χ2n) is 10.8. The third-order valence-electron chi connectivity index (χ3n) is 8.24. The summed E-state index contributed by atoms with van der Waals surface area (Å²) in [6.07, 6.45) is 7.11. The van der Waals surface area contributed by atoms with Gasteiger partial charge in [-0.3, -0.25) is 14.6 Å². The molecule has 2 amide bonds. The smallest absolute Gasteiger partial charge is 0.271 e. The Morgan fingerprint density at radius 3 is 2.50 bits per heavy atom. The summed E-state index contributed by atoms with van der Waals surface area (Å²) in [6.45, 7) is 2.02. The monoisotopic (exact) mass is 494 g/mol. The van der Waals surface area contributed by atoms with Crippen molar-refractivity contribution in [2.45, 2.75) is 57.1 Å². The molecule has 7 nitrogen and oxygen atoms in total. The van der Waals surface area contributed by atoms with Gasteiger partial charge in [-0.15, -0.1) is 0 Å². The summed E-state index contributed by atoms with van der Waals surface area (Å²) in [5.74, 6) is -0.283. The largest absolute Gasteiger partial charge is 0.393 e. The van der Waals surface area contributed by atoms with Gasteiger partial charge in [0.1, 0.15) is 11.5 Å². The highest BCUT2D eigenvalue weighted by Crippen LogP contribution is 2.44. The third-order valence-corrected chi connectivity index (χ3v) is 8.24. The Balaban J connectivity index is 1.30. The van der Waals surface area contributed by atoms with Crippen molar-refractivity contribution in [3.05, 3.63) is 48.0 Å². The molecule has 36 heavy (non-hydrogen) atoms. The number of halogens is 1. The van der Waals surface area contributed by atoms with E-state index in [4.69, 9.17) is 0 Å². The van der Waals surface area contributed by atoms with Crippen molar-refractivity contribution in [2.24, 2.45) is 5.41 Å². The Kier molecular flexibility index (Phi) is 6.72. The van der Waals surface area contributed by atoms with Gasteiger partial charge < -0.3 is 19.8 Å². The molecule has 1 aromatic carbocycles. The SMILES string of the molecule is CN(C)C(=O)c1ccc(-c2ccc(N3CCC[C@]4(CCN(C5CCC(O)CC5)C4=O)C3)c(F)c2)cn1. The van der Waals surface area contributed by atoms with Crippen LogP contribution < -0.4 is 4.90 Å². The number of nitrogens with zero attached hydrogens (tertiary/aromatic N) is 4. The molecule has 1 atom stereocenters. The van der Waals surface area contributed by atoms with Crippen LogP contribution >= 0.6 is 0 Å². The van der Waals surface area contributed by atoms with Gasteiger partial charge in [0.05, 0.1) is 17.2 Å². The number of anilines is 1. The summed E-state index contributed by atoms with van der Waals surface area (Å²) >= 11 is 0. The summed E-state index contributed by atoms with van der Waals surface area (Å²) in [5, 5.41) is 9.85. The minimum absolute atomic E-state index is 0.178. The number of aliphatic hydroxyl groups is 1. The molecule has 0 bridgehead atoms. The number of pyridine rings is 1. The molecule has 2 aromatic rings. The standard InChI is InChI=1S/C28H35FN4O3/c1-31(2)26(35)24-10-4-20(17-30-24)19-5-11-25(23(29)16-19)32-14-3-12-28(18-32)13-15-33(27(28)36)21-6-8-22(34)9-7-21/h4-5,10-11,16-17,21-22,34H,3,6-9,12-15,18H2,1-2H3/t21?,22?,28-/m0/s1. The van der Waals surface area contributed by atoms with Crippen LogP contribution in [0.2, 0.25) is 0 Å². The number of piperidine rings is 1. The van der Waals surface area contributed by atoms with Crippen LogP contribution in [0, 0.1) is 11.2 Å². The number of rotatable bonds is 4. The first kappa shape index (κ1) is 24.7. The molecule has 5 rings (SSSR count). The fourth-order valence-corrected chi connectivity index (χ4v) is 6.15. The maximum atomic E-state index is 15.4. The minimum atomic E-state index is -0.446.